The molecule has 0 aliphatic heterocycles. The largest absolute Gasteiger partial charge is 0.493 e. The van der Waals surface area contributed by atoms with Gasteiger partial charge in [-0.1, -0.05) is 19.3 Å². The van der Waals surface area contributed by atoms with Crippen molar-refractivity contribution < 1.29 is 13.9 Å². The Kier molecular flexibility index (Phi) is 4.36. The molecular formula is C14H19BrFNO2. The highest BCUT2D eigenvalue weighted by atomic mass is 79.9. The minimum Gasteiger partial charge on any atom is -0.493 e. The van der Waals surface area contributed by atoms with E-state index in [0.29, 0.717) is 21.5 Å². The lowest BCUT2D eigenvalue weighted by Gasteiger charge is -2.36. The molecule has 3 nitrogen and oxygen atoms in total. The highest BCUT2D eigenvalue weighted by Gasteiger charge is 2.36. The summed E-state index contributed by atoms with van der Waals surface area (Å²) in [5.74, 6) is 0.539. The van der Waals surface area contributed by atoms with Gasteiger partial charge in [-0.3, -0.25) is 0 Å². The van der Waals surface area contributed by atoms with Gasteiger partial charge in [0.2, 0.25) is 0 Å². The van der Waals surface area contributed by atoms with Gasteiger partial charge in [-0.25, -0.2) is 4.39 Å². The molecule has 0 saturated heterocycles. The minimum absolute atomic E-state index is 0.372. The summed E-state index contributed by atoms with van der Waals surface area (Å²) < 4.78 is 25.0. The standard InChI is InChI=1S/C14H19BrFNO2/c1-18-10-8-9(16)12(15)11(13(10)19-2)14(17)6-4-3-5-7-14/h8H,3-7,17H2,1-2H3. The van der Waals surface area contributed by atoms with Crippen LogP contribution in [-0.4, -0.2) is 14.2 Å². The second-order valence-electron chi connectivity index (χ2n) is 5.00. The third-order valence-electron chi connectivity index (χ3n) is 3.81. The van der Waals surface area contributed by atoms with E-state index in [1.165, 1.54) is 19.6 Å². The van der Waals surface area contributed by atoms with Gasteiger partial charge >= 0.3 is 0 Å². The van der Waals surface area contributed by atoms with E-state index in [1.54, 1.807) is 7.11 Å². The lowest BCUT2D eigenvalue weighted by Crippen LogP contribution is -2.39. The van der Waals surface area contributed by atoms with Crippen LogP contribution in [0.4, 0.5) is 4.39 Å². The Morgan fingerprint density at radius 3 is 2.37 bits per heavy atom. The predicted molar refractivity (Wildman–Crippen MR) is 76.2 cm³/mol. The molecule has 0 atom stereocenters. The zero-order chi connectivity index (χ0) is 14.0. The topological polar surface area (TPSA) is 44.5 Å². The van der Waals surface area contributed by atoms with Crippen molar-refractivity contribution >= 4 is 15.9 Å². The van der Waals surface area contributed by atoms with Gasteiger partial charge in [-0.05, 0) is 28.8 Å². The number of benzene rings is 1. The molecule has 1 fully saturated rings. The van der Waals surface area contributed by atoms with Gasteiger partial charge in [0.15, 0.2) is 11.5 Å². The lowest BCUT2D eigenvalue weighted by atomic mass is 9.77. The van der Waals surface area contributed by atoms with Crippen LogP contribution in [0.15, 0.2) is 10.5 Å². The summed E-state index contributed by atoms with van der Waals surface area (Å²) in [4.78, 5) is 0. The van der Waals surface area contributed by atoms with E-state index in [-0.39, 0.29) is 5.82 Å². The molecule has 1 aliphatic carbocycles. The molecule has 2 N–H and O–H groups in total. The molecule has 2 rings (SSSR count). The van der Waals surface area contributed by atoms with E-state index >= 15 is 0 Å². The highest BCUT2D eigenvalue weighted by molar-refractivity contribution is 9.10. The summed E-state index contributed by atoms with van der Waals surface area (Å²) in [5, 5.41) is 0. The second-order valence-corrected chi connectivity index (χ2v) is 5.79. The van der Waals surface area contributed by atoms with Gasteiger partial charge in [0, 0.05) is 17.2 Å². The van der Waals surface area contributed by atoms with Crippen LogP contribution in [0.2, 0.25) is 0 Å². The summed E-state index contributed by atoms with van der Waals surface area (Å²) in [6.45, 7) is 0. The molecule has 0 spiro atoms. The minimum atomic E-state index is -0.558. The van der Waals surface area contributed by atoms with Gasteiger partial charge in [0.25, 0.3) is 0 Å². The third kappa shape index (κ3) is 2.58. The third-order valence-corrected chi connectivity index (χ3v) is 4.58. The van der Waals surface area contributed by atoms with Gasteiger partial charge in [-0.2, -0.15) is 0 Å². The first kappa shape index (κ1) is 14.6. The fourth-order valence-electron chi connectivity index (χ4n) is 2.82. The van der Waals surface area contributed by atoms with Gasteiger partial charge in [-0.15, -0.1) is 0 Å². The predicted octanol–water partition coefficient (Wildman–Crippen LogP) is 3.72. The van der Waals surface area contributed by atoms with Gasteiger partial charge in [0.1, 0.15) is 5.82 Å². The average molecular weight is 332 g/mol. The van der Waals surface area contributed by atoms with Crippen LogP contribution in [0.25, 0.3) is 0 Å². The molecule has 0 unspecified atom stereocenters. The van der Waals surface area contributed by atoms with Crippen molar-refractivity contribution in [3.05, 3.63) is 21.9 Å². The monoisotopic (exact) mass is 331 g/mol. The van der Waals surface area contributed by atoms with E-state index in [4.69, 9.17) is 15.2 Å². The normalized spacial score (nSPS) is 18.2. The molecule has 1 aromatic carbocycles. The van der Waals surface area contributed by atoms with Crippen molar-refractivity contribution in [2.45, 2.75) is 37.6 Å². The molecule has 1 saturated carbocycles. The van der Waals surface area contributed by atoms with Crippen molar-refractivity contribution in [1.82, 2.24) is 0 Å². The zero-order valence-electron chi connectivity index (χ0n) is 11.3. The molecule has 0 aromatic heterocycles. The summed E-state index contributed by atoms with van der Waals surface area (Å²) >= 11 is 3.32. The summed E-state index contributed by atoms with van der Waals surface area (Å²) in [7, 11) is 3.05. The first-order valence-corrected chi connectivity index (χ1v) is 7.22. The van der Waals surface area contributed by atoms with Crippen LogP contribution in [0, 0.1) is 5.82 Å². The van der Waals surface area contributed by atoms with Crippen LogP contribution in [0.1, 0.15) is 37.7 Å². The maximum Gasteiger partial charge on any atom is 0.167 e. The van der Waals surface area contributed by atoms with E-state index in [1.807, 2.05) is 0 Å². The van der Waals surface area contributed by atoms with Crippen LogP contribution in [-0.2, 0) is 5.54 Å². The highest BCUT2D eigenvalue weighted by Crippen LogP contribution is 2.47. The average Bonchev–Trinajstić information content (AvgIpc) is 2.41. The lowest BCUT2D eigenvalue weighted by molar-refractivity contribution is 0.278. The smallest absolute Gasteiger partial charge is 0.167 e. The molecule has 19 heavy (non-hydrogen) atoms. The summed E-state index contributed by atoms with van der Waals surface area (Å²) in [6.07, 6.45) is 4.92. The van der Waals surface area contributed by atoms with Gasteiger partial charge in [0.05, 0.1) is 18.7 Å². The maximum absolute atomic E-state index is 14.0. The first-order chi connectivity index (χ1) is 9.03. The van der Waals surface area contributed by atoms with E-state index < -0.39 is 5.54 Å². The van der Waals surface area contributed by atoms with Crippen LogP contribution < -0.4 is 15.2 Å². The molecule has 0 heterocycles. The molecule has 0 amide bonds. The number of halogens is 2. The number of hydrogen-bond donors (Lipinski definition) is 1. The van der Waals surface area contributed by atoms with Crippen molar-refractivity contribution in [3.63, 3.8) is 0 Å². The SMILES string of the molecule is COc1cc(F)c(Br)c(C2(N)CCCCC2)c1OC. The van der Waals surface area contributed by atoms with Crippen molar-refractivity contribution in [2.75, 3.05) is 14.2 Å². The second kappa shape index (κ2) is 5.67. The van der Waals surface area contributed by atoms with Crippen molar-refractivity contribution in [3.8, 4) is 11.5 Å². The Morgan fingerprint density at radius 2 is 1.84 bits per heavy atom. The Bertz CT molecular complexity index is 473. The quantitative estimate of drug-likeness (QED) is 0.917. The Labute approximate surface area is 121 Å². The summed E-state index contributed by atoms with van der Waals surface area (Å²) in [6, 6.07) is 1.32. The number of rotatable bonds is 3. The van der Waals surface area contributed by atoms with Crippen LogP contribution in [0.5, 0.6) is 11.5 Å². The fourth-order valence-corrected chi connectivity index (χ4v) is 3.51. The van der Waals surface area contributed by atoms with Crippen molar-refractivity contribution in [1.29, 1.82) is 0 Å². The summed E-state index contributed by atoms with van der Waals surface area (Å²) in [5.41, 5.74) is 6.65. The molecule has 1 aliphatic rings. The number of hydrogen-bond acceptors (Lipinski definition) is 3. The van der Waals surface area contributed by atoms with E-state index in [2.05, 4.69) is 15.9 Å². The number of nitrogens with two attached hydrogens (primary N) is 1. The van der Waals surface area contributed by atoms with E-state index in [0.717, 1.165) is 25.7 Å². The van der Waals surface area contributed by atoms with Crippen molar-refractivity contribution in [2.24, 2.45) is 5.73 Å². The van der Waals surface area contributed by atoms with Crippen LogP contribution >= 0.6 is 15.9 Å². The fraction of sp³-hybridized carbons (Fsp3) is 0.571. The number of methoxy groups -OCH3 is 2. The molecular weight excluding hydrogens is 313 g/mol. The molecule has 0 radical (unpaired) electrons. The molecule has 1 aromatic rings. The Balaban J connectivity index is 2.62. The first-order valence-electron chi connectivity index (χ1n) is 6.43. The van der Waals surface area contributed by atoms with Gasteiger partial charge < -0.3 is 15.2 Å². The van der Waals surface area contributed by atoms with E-state index in [9.17, 15) is 4.39 Å². The Hall–Kier alpha value is -0.810. The Morgan fingerprint density at radius 1 is 1.21 bits per heavy atom. The zero-order valence-corrected chi connectivity index (χ0v) is 12.8. The van der Waals surface area contributed by atoms with Crippen LogP contribution in [0.3, 0.4) is 0 Å². The molecule has 106 valence electrons. The molecule has 5 heteroatoms. The molecule has 0 bridgehead atoms. The maximum atomic E-state index is 14.0. The number of ether oxygens (including phenoxy) is 2.